The fourth-order valence-corrected chi connectivity index (χ4v) is 2.45. The average molecular weight is 433 g/mol. The number of rotatable bonds is 8. The topological polar surface area (TPSA) is 91.8 Å². The van der Waals surface area contributed by atoms with Gasteiger partial charge in [0, 0.05) is 5.56 Å². The zero-order chi connectivity index (χ0) is 22.4. The minimum absolute atomic E-state index is 0.108. The van der Waals surface area contributed by atoms with Crippen LogP contribution in [0.5, 0.6) is 11.5 Å². The van der Waals surface area contributed by atoms with Crippen molar-refractivity contribution >= 4 is 17.7 Å². The van der Waals surface area contributed by atoms with E-state index in [2.05, 4.69) is 4.74 Å². The van der Waals surface area contributed by atoms with Gasteiger partial charge in [0.2, 0.25) is 0 Å². The summed E-state index contributed by atoms with van der Waals surface area (Å²) in [6, 6.07) is 14.0. The molecule has 3 aromatic rings. The van der Waals surface area contributed by atoms with Crippen molar-refractivity contribution in [2.24, 2.45) is 0 Å². The van der Waals surface area contributed by atoms with Crippen LogP contribution in [0.25, 0.3) is 6.08 Å². The van der Waals surface area contributed by atoms with Crippen LogP contribution in [0, 0.1) is 10.1 Å². The highest BCUT2D eigenvalue weighted by Gasteiger charge is 2.30. The van der Waals surface area contributed by atoms with Crippen LogP contribution in [0.15, 0.2) is 71.2 Å². The van der Waals surface area contributed by atoms with Crippen LogP contribution < -0.4 is 9.47 Å². The summed E-state index contributed by atoms with van der Waals surface area (Å²) in [5.41, 5.74) is 0.989. The van der Waals surface area contributed by atoms with Gasteiger partial charge in [-0.1, -0.05) is 12.1 Å². The molecule has 0 fully saturated rings. The first-order chi connectivity index (χ1) is 14.7. The van der Waals surface area contributed by atoms with E-state index in [4.69, 9.17) is 9.15 Å². The van der Waals surface area contributed by atoms with Crippen LogP contribution in [0.1, 0.15) is 21.7 Å². The van der Waals surface area contributed by atoms with Gasteiger partial charge in [-0.25, -0.2) is 0 Å². The van der Waals surface area contributed by atoms with E-state index in [9.17, 15) is 28.1 Å². The Morgan fingerprint density at radius 2 is 1.65 bits per heavy atom. The van der Waals surface area contributed by atoms with Crippen molar-refractivity contribution in [3.63, 3.8) is 0 Å². The highest BCUT2D eigenvalue weighted by molar-refractivity contribution is 6.06. The number of carbonyl (C=O) groups excluding carboxylic acids is 1. The summed E-state index contributed by atoms with van der Waals surface area (Å²) < 4.78 is 50.8. The number of ketones is 1. The Morgan fingerprint density at radius 1 is 1.00 bits per heavy atom. The summed E-state index contributed by atoms with van der Waals surface area (Å²) >= 11 is 0. The molecule has 0 radical (unpaired) electrons. The third-order valence-electron chi connectivity index (χ3n) is 3.89. The third-order valence-corrected chi connectivity index (χ3v) is 3.89. The average Bonchev–Trinajstić information content (AvgIpc) is 3.20. The van der Waals surface area contributed by atoms with E-state index < -0.39 is 17.2 Å². The first-order valence-corrected chi connectivity index (χ1v) is 8.74. The maximum absolute atomic E-state index is 12.2. The molecule has 31 heavy (non-hydrogen) atoms. The Bertz CT molecular complexity index is 1090. The highest BCUT2D eigenvalue weighted by Crippen LogP contribution is 2.23. The first kappa shape index (κ1) is 21.6. The van der Waals surface area contributed by atoms with E-state index in [0.29, 0.717) is 16.9 Å². The van der Waals surface area contributed by atoms with Crippen molar-refractivity contribution in [2.45, 2.75) is 13.0 Å². The van der Waals surface area contributed by atoms with E-state index in [1.165, 1.54) is 60.7 Å². The zero-order valence-electron chi connectivity index (χ0n) is 15.7. The van der Waals surface area contributed by atoms with Gasteiger partial charge < -0.3 is 13.9 Å². The number of nitro groups is 1. The van der Waals surface area contributed by atoms with Gasteiger partial charge >= 0.3 is 12.2 Å². The molecule has 1 aromatic heterocycles. The number of nitrogens with zero attached hydrogens (tertiary/aromatic N) is 1. The molecule has 0 aliphatic carbocycles. The summed E-state index contributed by atoms with van der Waals surface area (Å²) in [5.74, 6) is -0.456. The van der Waals surface area contributed by atoms with Gasteiger partial charge in [-0.2, -0.15) is 0 Å². The molecule has 2 aromatic carbocycles. The molecule has 0 spiro atoms. The fourth-order valence-electron chi connectivity index (χ4n) is 2.45. The molecule has 0 aliphatic rings. The maximum atomic E-state index is 12.2. The predicted octanol–water partition coefficient (Wildman–Crippen LogP) is 5.56. The van der Waals surface area contributed by atoms with Gasteiger partial charge in [0.25, 0.3) is 0 Å². The fraction of sp³-hybridized carbons (Fsp3) is 0.0952. The van der Waals surface area contributed by atoms with Gasteiger partial charge in [0.1, 0.15) is 28.8 Å². The second-order valence-corrected chi connectivity index (χ2v) is 6.14. The lowest BCUT2D eigenvalue weighted by molar-refractivity contribution is -0.402. The first-order valence-electron chi connectivity index (χ1n) is 8.74. The minimum Gasteiger partial charge on any atom is -0.489 e. The molecule has 0 saturated carbocycles. The number of hydrogen-bond acceptors (Lipinski definition) is 6. The summed E-state index contributed by atoms with van der Waals surface area (Å²) in [7, 11) is 0. The summed E-state index contributed by atoms with van der Waals surface area (Å²) in [6.45, 7) is 0.108. The number of hydrogen-bond donors (Lipinski definition) is 0. The molecule has 0 aliphatic heterocycles. The summed E-state index contributed by atoms with van der Waals surface area (Å²) in [5, 5.41) is 10.6. The van der Waals surface area contributed by atoms with E-state index in [0.717, 1.165) is 0 Å². The van der Waals surface area contributed by atoms with Crippen molar-refractivity contribution in [3.8, 4) is 11.5 Å². The van der Waals surface area contributed by atoms with Crippen LogP contribution in [0.3, 0.4) is 0 Å². The number of allylic oxidation sites excluding steroid dienone is 1. The van der Waals surface area contributed by atoms with E-state index in [-0.39, 0.29) is 23.9 Å². The molecule has 7 nitrogen and oxygen atoms in total. The zero-order valence-corrected chi connectivity index (χ0v) is 15.7. The van der Waals surface area contributed by atoms with Gasteiger partial charge in [0.05, 0.1) is 6.07 Å². The quantitative estimate of drug-likeness (QED) is 0.200. The van der Waals surface area contributed by atoms with Gasteiger partial charge in [-0.3, -0.25) is 14.9 Å². The Hall–Kier alpha value is -4.08. The van der Waals surface area contributed by atoms with Crippen molar-refractivity contribution in [3.05, 3.63) is 93.7 Å². The van der Waals surface area contributed by atoms with Crippen LogP contribution in [0.2, 0.25) is 0 Å². The molecule has 0 saturated heterocycles. The van der Waals surface area contributed by atoms with Gasteiger partial charge in [-0.15, -0.1) is 13.2 Å². The second kappa shape index (κ2) is 9.16. The number of ether oxygens (including phenoxy) is 2. The third kappa shape index (κ3) is 6.46. The molecule has 1 heterocycles. The minimum atomic E-state index is -4.75. The van der Waals surface area contributed by atoms with Crippen LogP contribution in [0.4, 0.5) is 19.1 Å². The van der Waals surface area contributed by atoms with Crippen LogP contribution >= 0.6 is 0 Å². The molecular weight excluding hydrogens is 419 g/mol. The predicted molar refractivity (Wildman–Crippen MR) is 103 cm³/mol. The smallest absolute Gasteiger partial charge is 0.489 e. The van der Waals surface area contributed by atoms with E-state index in [1.54, 1.807) is 12.1 Å². The van der Waals surface area contributed by atoms with E-state index in [1.807, 2.05) is 0 Å². The van der Waals surface area contributed by atoms with Crippen molar-refractivity contribution < 1.29 is 36.8 Å². The number of furan rings is 1. The lowest BCUT2D eigenvalue weighted by Crippen LogP contribution is -2.17. The SMILES string of the molecule is O=C(/C=C/c1ccc([N+](=O)[O-])o1)c1ccc(OCc2ccc(OC(F)(F)F)cc2)cc1. The number of carbonyl (C=O) groups is 1. The van der Waals surface area contributed by atoms with Gasteiger partial charge in [-0.05, 0) is 60.2 Å². The van der Waals surface area contributed by atoms with Gasteiger partial charge in [0.15, 0.2) is 5.78 Å². The lowest BCUT2D eigenvalue weighted by atomic mass is 10.1. The molecule has 0 atom stereocenters. The summed E-state index contributed by atoms with van der Waals surface area (Å²) in [6.07, 6.45) is -2.20. The summed E-state index contributed by atoms with van der Waals surface area (Å²) in [4.78, 5) is 22.1. The Kier molecular flexibility index (Phi) is 6.39. The molecule has 160 valence electrons. The van der Waals surface area contributed by atoms with Crippen molar-refractivity contribution in [1.82, 2.24) is 0 Å². The number of halogens is 3. The Morgan fingerprint density at radius 3 is 2.23 bits per heavy atom. The molecule has 0 N–H and O–H groups in total. The maximum Gasteiger partial charge on any atom is 0.573 e. The molecular formula is C21H14F3NO6. The van der Waals surface area contributed by atoms with E-state index >= 15 is 0 Å². The molecule has 0 amide bonds. The molecule has 0 unspecified atom stereocenters. The number of alkyl halides is 3. The molecule has 3 rings (SSSR count). The second-order valence-electron chi connectivity index (χ2n) is 6.14. The molecule has 0 bridgehead atoms. The highest BCUT2D eigenvalue weighted by atomic mass is 19.4. The van der Waals surface area contributed by atoms with Crippen molar-refractivity contribution in [1.29, 1.82) is 0 Å². The Balaban J connectivity index is 1.54. The largest absolute Gasteiger partial charge is 0.573 e. The number of benzene rings is 2. The molecule has 10 heteroatoms. The Labute approximate surface area is 173 Å². The monoisotopic (exact) mass is 433 g/mol. The van der Waals surface area contributed by atoms with Crippen LogP contribution in [-0.2, 0) is 6.61 Å². The normalized spacial score (nSPS) is 11.5. The van der Waals surface area contributed by atoms with Crippen LogP contribution in [-0.4, -0.2) is 17.1 Å². The standard InChI is InChI=1S/C21H14F3NO6/c22-21(23,24)31-18-5-1-14(2-6-18)13-29-16-7-3-15(4-8-16)19(26)11-9-17-10-12-20(30-17)25(27)28/h1-12H,13H2/b11-9+. The van der Waals surface area contributed by atoms with Crippen molar-refractivity contribution in [2.75, 3.05) is 0 Å². The lowest BCUT2D eigenvalue weighted by Gasteiger charge is -2.10.